The number of ether oxygens (including phenoxy) is 1. The van der Waals surface area contributed by atoms with E-state index in [1.54, 1.807) is 44.2 Å². The molecule has 29 heavy (non-hydrogen) atoms. The van der Waals surface area contributed by atoms with Crippen molar-refractivity contribution in [3.05, 3.63) is 58.6 Å². The Morgan fingerprint density at radius 2 is 1.76 bits per heavy atom. The van der Waals surface area contributed by atoms with Crippen LogP contribution in [0.1, 0.15) is 37.9 Å². The van der Waals surface area contributed by atoms with Crippen molar-refractivity contribution >= 4 is 17.5 Å². The number of methoxy groups -OCH3 is 1. The van der Waals surface area contributed by atoms with Crippen LogP contribution in [0.15, 0.2) is 42.5 Å². The van der Waals surface area contributed by atoms with Crippen molar-refractivity contribution in [1.82, 2.24) is 15.0 Å². The van der Waals surface area contributed by atoms with E-state index < -0.39 is 5.60 Å². The van der Waals surface area contributed by atoms with Gasteiger partial charge in [0.25, 0.3) is 0 Å². The summed E-state index contributed by atoms with van der Waals surface area (Å²) in [4.78, 5) is 13.1. The highest BCUT2D eigenvalue weighted by atomic mass is 35.5. The van der Waals surface area contributed by atoms with Crippen molar-refractivity contribution in [3.63, 3.8) is 0 Å². The number of rotatable bonds is 6. The molecular weight excluding hydrogens is 392 g/mol. The summed E-state index contributed by atoms with van der Waals surface area (Å²) in [5.74, 6) is 0.932. The van der Waals surface area contributed by atoms with Gasteiger partial charge in [0, 0.05) is 16.1 Å². The highest BCUT2D eigenvalue weighted by Gasteiger charge is 2.21. The predicted molar refractivity (Wildman–Crippen MR) is 112 cm³/mol. The van der Waals surface area contributed by atoms with Crippen LogP contribution < -0.4 is 10.1 Å². The first-order chi connectivity index (χ1) is 13.7. The zero-order valence-electron chi connectivity index (χ0n) is 16.6. The average Bonchev–Trinajstić information content (AvgIpc) is 2.67. The van der Waals surface area contributed by atoms with Gasteiger partial charge in [-0.3, -0.25) is 0 Å². The molecule has 3 aromatic rings. The van der Waals surface area contributed by atoms with E-state index in [1.165, 1.54) is 7.11 Å². The number of aromatic hydroxyl groups is 1. The number of phenols is 1. The average molecular weight is 415 g/mol. The van der Waals surface area contributed by atoms with E-state index >= 15 is 0 Å². The summed E-state index contributed by atoms with van der Waals surface area (Å²) in [6, 6.07) is 12.2. The molecule has 8 heteroatoms. The molecule has 7 nitrogen and oxygen atoms in total. The first-order valence-electron chi connectivity index (χ1n) is 9.05. The molecule has 0 spiro atoms. The quantitative estimate of drug-likeness (QED) is 0.552. The number of benzene rings is 2. The third kappa shape index (κ3) is 4.93. The standard InChI is InChI=1S/C21H23ClN4O3/c1-12(13-5-8-15(27)9-6-13)23-19-24-18(25-20(26-19)29-4)14-7-10-17(22)16(11-14)21(2,3)28/h5-12,27-28H,1-4H3,(H,23,24,25,26). The lowest BCUT2D eigenvalue weighted by atomic mass is 9.96. The second-order valence-corrected chi connectivity index (χ2v) is 7.59. The first kappa shape index (κ1) is 20.8. The molecule has 2 aromatic carbocycles. The van der Waals surface area contributed by atoms with E-state index in [0.29, 0.717) is 27.9 Å². The molecule has 0 amide bonds. The van der Waals surface area contributed by atoms with E-state index in [4.69, 9.17) is 16.3 Å². The fourth-order valence-electron chi connectivity index (χ4n) is 2.81. The Hall–Kier alpha value is -2.90. The van der Waals surface area contributed by atoms with Crippen molar-refractivity contribution in [2.45, 2.75) is 32.4 Å². The molecule has 3 N–H and O–H groups in total. The van der Waals surface area contributed by atoms with Crippen LogP contribution in [0.5, 0.6) is 11.8 Å². The number of hydrogen-bond donors (Lipinski definition) is 3. The highest BCUT2D eigenvalue weighted by molar-refractivity contribution is 6.31. The van der Waals surface area contributed by atoms with Gasteiger partial charge in [-0.2, -0.15) is 15.0 Å². The van der Waals surface area contributed by atoms with Crippen LogP contribution in [-0.2, 0) is 5.60 Å². The Labute approximate surface area is 174 Å². The Morgan fingerprint density at radius 3 is 2.38 bits per heavy atom. The molecular formula is C21H23ClN4O3. The van der Waals surface area contributed by atoms with Crippen LogP contribution in [0, 0.1) is 0 Å². The van der Waals surface area contributed by atoms with E-state index in [1.807, 2.05) is 19.1 Å². The largest absolute Gasteiger partial charge is 0.508 e. The Balaban J connectivity index is 1.96. The second-order valence-electron chi connectivity index (χ2n) is 7.18. The summed E-state index contributed by atoms with van der Waals surface area (Å²) in [7, 11) is 1.48. The maximum Gasteiger partial charge on any atom is 0.321 e. The first-order valence-corrected chi connectivity index (χ1v) is 9.43. The maximum atomic E-state index is 10.4. The van der Waals surface area contributed by atoms with Crippen molar-refractivity contribution < 1.29 is 14.9 Å². The van der Waals surface area contributed by atoms with Crippen molar-refractivity contribution in [2.75, 3.05) is 12.4 Å². The molecule has 1 unspecified atom stereocenters. The lowest BCUT2D eigenvalue weighted by Gasteiger charge is -2.20. The molecule has 1 atom stereocenters. The van der Waals surface area contributed by atoms with Crippen LogP contribution in [0.4, 0.5) is 5.95 Å². The zero-order valence-corrected chi connectivity index (χ0v) is 17.4. The molecule has 0 saturated heterocycles. The monoisotopic (exact) mass is 414 g/mol. The summed E-state index contributed by atoms with van der Waals surface area (Å²) < 4.78 is 5.23. The van der Waals surface area contributed by atoms with Gasteiger partial charge in [-0.05, 0) is 56.7 Å². The second kappa shape index (κ2) is 8.23. The lowest BCUT2D eigenvalue weighted by Crippen LogP contribution is -2.16. The number of halogens is 1. The molecule has 3 rings (SSSR count). The van der Waals surface area contributed by atoms with Gasteiger partial charge < -0.3 is 20.3 Å². The van der Waals surface area contributed by atoms with Crippen molar-refractivity contribution in [1.29, 1.82) is 0 Å². The van der Waals surface area contributed by atoms with Crippen LogP contribution in [0.25, 0.3) is 11.4 Å². The molecule has 0 fully saturated rings. The minimum Gasteiger partial charge on any atom is -0.508 e. The Bertz CT molecular complexity index is 1000. The smallest absolute Gasteiger partial charge is 0.321 e. The highest BCUT2D eigenvalue weighted by Crippen LogP contribution is 2.32. The van der Waals surface area contributed by atoms with Crippen molar-refractivity contribution in [2.24, 2.45) is 0 Å². The van der Waals surface area contributed by atoms with Crippen molar-refractivity contribution in [3.8, 4) is 23.1 Å². The van der Waals surface area contributed by atoms with Crippen LogP contribution >= 0.6 is 11.6 Å². The molecule has 1 aromatic heterocycles. The number of hydrogen-bond acceptors (Lipinski definition) is 7. The van der Waals surface area contributed by atoms with Gasteiger partial charge >= 0.3 is 6.01 Å². The van der Waals surface area contributed by atoms with Gasteiger partial charge in [0.05, 0.1) is 18.8 Å². The van der Waals surface area contributed by atoms with Gasteiger partial charge in [-0.25, -0.2) is 0 Å². The minimum absolute atomic E-state index is 0.118. The molecule has 152 valence electrons. The predicted octanol–water partition coefficient (Wildman–Crippen LogP) is 4.31. The van der Waals surface area contributed by atoms with Gasteiger partial charge in [-0.15, -0.1) is 0 Å². The number of phenolic OH excluding ortho intramolecular Hbond substituents is 1. The van der Waals surface area contributed by atoms with E-state index in [2.05, 4.69) is 20.3 Å². The normalized spacial score (nSPS) is 12.5. The number of nitrogens with one attached hydrogen (secondary N) is 1. The van der Waals surface area contributed by atoms with E-state index in [9.17, 15) is 10.2 Å². The van der Waals surface area contributed by atoms with Gasteiger partial charge in [0.15, 0.2) is 5.82 Å². The molecule has 0 bridgehead atoms. The van der Waals surface area contributed by atoms with Crippen LogP contribution in [-0.4, -0.2) is 32.3 Å². The Kier molecular flexibility index (Phi) is 5.91. The summed E-state index contributed by atoms with van der Waals surface area (Å²) in [5.41, 5.74) is 1.09. The van der Waals surface area contributed by atoms with Gasteiger partial charge in [0.2, 0.25) is 5.95 Å². The summed E-state index contributed by atoms with van der Waals surface area (Å²) in [6.07, 6.45) is 0. The number of aliphatic hydroxyl groups is 1. The van der Waals surface area contributed by atoms with Gasteiger partial charge in [0.1, 0.15) is 5.75 Å². The Morgan fingerprint density at radius 1 is 1.07 bits per heavy atom. The summed E-state index contributed by atoms with van der Waals surface area (Å²) in [5, 5.41) is 23.5. The van der Waals surface area contributed by atoms with E-state index in [0.717, 1.165) is 5.56 Å². The molecule has 0 aliphatic rings. The van der Waals surface area contributed by atoms with Gasteiger partial charge in [-0.1, -0.05) is 23.7 Å². The molecule has 0 radical (unpaired) electrons. The molecule has 0 aliphatic heterocycles. The van der Waals surface area contributed by atoms with Crippen LogP contribution in [0.2, 0.25) is 5.02 Å². The third-order valence-electron chi connectivity index (χ3n) is 4.42. The molecule has 0 aliphatic carbocycles. The maximum absolute atomic E-state index is 10.4. The fraction of sp³-hybridized carbons (Fsp3) is 0.286. The fourth-order valence-corrected chi connectivity index (χ4v) is 3.16. The van der Waals surface area contributed by atoms with E-state index in [-0.39, 0.29) is 17.8 Å². The number of nitrogens with zero attached hydrogens (tertiary/aromatic N) is 3. The molecule has 0 saturated carbocycles. The summed E-state index contributed by atoms with van der Waals surface area (Å²) in [6.45, 7) is 5.29. The topological polar surface area (TPSA) is 100 Å². The molecule has 1 heterocycles. The lowest BCUT2D eigenvalue weighted by molar-refractivity contribution is 0.0787. The number of aromatic nitrogens is 3. The van der Waals surface area contributed by atoms with Crippen LogP contribution in [0.3, 0.4) is 0 Å². The minimum atomic E-state index is -1.11. The zero-order chi connectivity index (χ0) is 21.2. The summed E-state index contributed by atoms with van der Waals surface area (Å²) >= 11 is 6.24. The SMILES string of the molecule is COc1nc(NC(C)c2ccc(O)cc2)nc(-c2ccc(Cl)c(C(C)(C)O)c2)n1. The number of anilines is 1. The third-order valence-corrected chi connectivity index (χ3v) is 4.75.